The van der Waals surface area contributed by atoms with Crippen LogP contribution in [0.4, 0.5) is 11.4 Å². The quantitative estimate of drug-likeness (QED) is 0.803. The van der Waals surface area contributed by atoms with Gasteiger partial charge in [0.1, 0.15) is 12.2 Å². The first-order valence-electron chi connectivity index (χ1n) is 10.1. The molecule has 4 rings (SSSR count). The van der Waals surface area contributed by atoms with E-state index in [1.54, 1.807) is 0 Å². The Balaban J connectivity index is 0.000000614. The van der Waals surface area contributed by atoms with E-state index in [1.165, 1.54) is 21.7 Å². The molecule has 0 radical (unpaired) electrons. The van der Waals surface area contributed by atoms with Crippen molar-refractivity contribution in [2.75, 3.05) is 25.0 Å². The molecule has 1 N–H and O–H groups in total. The van der Waals surface area contributed by atoms with E-state index in [4.69, 9.17) is 4.74 Å². The molecular weight excluding hydrogens is 332 g/mol. The summed E-state index contributed by atoms with van der Waals surface area (Å²) in [4.78, 5) is 3.62. The van der Waals surface area contributed by atoms with Gasteiger partial charge >= 0.3 is 0 Å². The molecule has 3 heteroatoms. The minimum Gasteiger partial charge on any atom is -0.439 e. The van der Waals surface area contributed by atoms with Crippen molar-refractivity contribution in [1.82, 2.24) is 0 Å². The second kappa shape index (κ2) is 9.98. The zero-order chi connectivity index (χ0) is 19.8. The number of allylic oxidation sites excluding steroid dienone is 2. The second-order valence-corrected chi connectivity index (χ2v) is 5.98. The Hall–Kier alpha value is -2.52. The monoisotopic (exact) mass is 365 g/mol. The standard InChI is InChI=1S/C20H20N2O.2C2H6/c1-3-22-13-12-15(16-8-4-5-9-17(16)22)14-20-21(2)18-10-6-7-11-19(18)23-20;2*1-2/h4-12,14H,3,13H2,1-2H3;2*1-2H3/p+1/b20-14-;;. The molecule has 2 heterocycles. The Morgan fingerprint density at radius 1 is 1.00 bits per heavy atom. The minimum atomic E-state index is 0.882. The fourth-order valence-electron chi connectivity index (χ4n) is 3.35. The van der Waals surface area contributed by atoms with E-state index in [-0.39, 0.29) is 0 Å². The van der Waals surface area contributed by atoms with Gasteiger partial charge in [-0.15, -0.1) is 0 Å². The minimum absolute atomic E-state index is 0.882. The highest BCUT2D eigenvalue weighted by molar-refractivity contribution is 5.82. The molecule has 0 aromatic heterocycles. The number of ether oxygens (including phenoxy) is 1. The van der Waals surface area contributed by atoms with Crippen molar-refractivity contribution in [3.63, 3.8) is 0 Å². The molecule has 2 aromatic carbocycles. The van der Waals surface area contributed by atoms with Crippen LogP contribution in [0.15, 0.2) is 66.6 Å². The Kier molecular flexibility index (Phi) is 7.68. The van der Waals surface area contributed by atoms with Crippen LogP contribution in [0.1, 0.15) is 40.2 Å². The normalized spacial score (nSPS) is 18.1. The molecule has 1 atom stereocenters. The van der Waals surface area contributed by atoms with Gasteiger partial charge < -0.3 is 9.64 Å². The molecule has 0 aliphatic carbocycles. The van der Waals surface area contributed by atoms with Crippen LogP contribution in [0.25, 0.3) is 5.57 Å². The number of rotatable bonds is 2. The van der Waals surface area contributed by atoms with Crippen LogP contribution in [-0.2, 0) is 0 Å². The van der Waals surface area contributed by atoms with E-state index in [0.29, 0.717) is 0 Å². The summed E-state index contributed by atoms with van der Waals surface area (Å²) in [6.07, 6.45) is 4.47. The van der Waals surface area contributed by atoms with E-state index >= 15 is 0 Å². The molecule has 3 nitrogen and oxygen atoms in total. The van der Waals surface area contributed by atoms with Crippen molar-refractivity contribution in [3.8, 4) is 5.75 Å². The van der Waals surface area contributed by atoms with E-state index < -0.39 is 0 Å². The number of nitrogens with zero attached hydrogens (tertiary/aromatic N) is 1. The highest BCUT2D eigenvalue weighted by Gasteiger charge is 2.25. The van der Waals surface area contributed by atoms with E-state index in [2.05, 4.69) is 61.4 Å². The summed E-state index contributed by atoms with van der Waals surface area (Å²) in [5, 5.41) is 0. The zero-order valence-corrected chi connectivity index (χ0v) is 17.5. The van der Waals surface area contributed by atoms with Gasteiger partial charge in [0.15, 0.2) is 5.75 Å². The van der Waals surface area contributed by atoms with Gasteiger partial charge in [-0.25, -0.2) is 0 Å². The third-order valence-corrected chi connectivity index (χ3v) is 4.66. The zero-order valence-electron chi connectivity index (χ0n) is 17.5. The van der Waals surface area contributed by atoms with Crippen molar-refractivity contribution in [1.29, 1.82) is 0 Å². The molecule has 0 amide bonds. The first kappa shape index (κ1) is 20.8. The molecule has 1 unspecified atom stereocenters. The van der Waals surface area contributed by atoms with Crippen molar-refractivity contribution in [3.05, 3.63) is 72.1 Å². The Morgan fingerprint density at radius 2 is 1.67 bits per heavy atom. The number of para-hydroxylation sites is 3. The Labute approximate surface area is 164 Å². The maximum Gasteiger partial charge on any atom is 0.201 e. The van der Waals surface area contributed by atoms with Gasteiger partial charge in [-0.05, 0) is 42.8 Å². The number of nitrogens with one attached hydrogen (secondary N) is 1. The fraction of sp³-hybridized carbons (Fsp3) is 0.333. The summed E-state index contributed by atoms with van der Waals surface area (Å²) in [5.41, 5.74) is 5.04. The predicted molar refractivity (Wildman–Crippen MR) is 117 cm³/mol. The summed E-state index contributed by atoms with van der Waals surface area (Å²) >= 11 is 0. The number of hydrogen-bond donors (Lipinski definition) is 1. The molecule has 0 fully saturated rings. The third kappa shape index (κ3) is 4.25. The van der Waals surface area contributed by atoms with Crippen LogP contribution < -0.4 is 14.5 Å². The molecule has 0 spiro atoms. The van der Waals surface area contributed by atoms with Gasteiger partial charge in [-0.1, -0.05) is 52.0 Å². The first-order valence-corrected chi connectivity index (χ1v) is 10.1. The van der Waals surface area contributed by atoms with Crippen LogP contribution in [0.5, 0.6) is 5.75 Å². The van der Waals surface area contributed by atoms with Crippen molar-refractivity contribution in [2.45, 2.75) is 34.6 Å². The number of likely N-dealkylation sites (N-methyl/N-ethyl adjacent to an activating group) is 1. The number of benzene rings is 2. The first-order chi connectivity index (χ1) is 13.3. The fourth-order valence-corrected chi connectivity index (χ4v) is 3.35. The average Bonchev–Trinajstić information content (AvgIpc) is 3.07. The van der Waals surface area contributed by atoms with Gasteiger partial charge in [0, 0.05) is 18.7 Å². The molecule has 0 saturated carbocycles. The molecule has 2 aliphatic rings. The van der Waals surface area contributed by atoms with Crippen LogP contribution in [0.3, 0.4) is 0 Å². The largest absolute Gasteiger partial charge is 0.439 e. The van der Waals surface area contributed by atoms with Gasteiger partial charge in [-0.3, -0.25) is 4.90 Å². The average molecular weight is 366 g/mol. The SMILES string of the molecule is CC.CC.CC[NH+]1CC=C(/C=C2\Oc3ccccc3N2C)c2ccccc21. The Bertz CT molecular complexity index is 808. The lowest BCUT2D eigenvalue weighted by Crippen LogP contribution is -3.07. The molecule has 0 bridgehead atoms. The van der Waals surface area contributed by atoms with Crippen LogP contribution >= 0.6 is 0 Å². The van der Waals surface area contributed by atoms with Crippen LogP contribution in [0, 0.1) is 0 Å². The summed E-state index contributed by atoms with van der Waals surface area (Å²) in [6.45, 7) is 12.3. The maximum atomic E-state index is 6.03. The van der Waals surface area contributed by atoms with E-state index in [0.717, 1.165) is 30.4 Å². The lowest BCUT2D eigenvalue weighted by Gasteiger charge is -2.24. The summed E-state index contributed by atoms with van der Waals surface area (Å²) in [7, 11) is 2.05. The summed E-state index contributed by atoms with van der Waals surface area (Å²) in [5.74, 6) is 1.80. The number of anilines is 1. The highest BCUT2D eigenvalue weighted by atomic mass is 16.5. The van der Waals surface area contributed by atoms with Crippen molar-refractivity contribution < 1.29 is 9.64 Å². The van der Waals surface area contributed by atoms with Gasteiger partial charge in [0.25, 0.3) is 0 Å². The van der Waals surface area contributed by atoms with Crippen molar-refractivity contribution in [2.24, 2.45) is 0 Å². The van der Waals surface area contributed by atoms with Crippen LogP contribution in [0.2, 0.25) is 0 Å². The smallest absolute Gasteiger partial charge is 0.201 e. The predicted octanol–water partition coefficient (Wildman–Crippen LogP) is 5.04. The Morgan fingerprint density at radius 3 is 2.37 bits per heavy atom. The van der Waals surface area contributed by atoms with Gasteiger partial charge in [-0.2, -0.15) is 0 Å². The number of fused-ring (bicyclic) bond motifs is 2. The molecule has 27 heavy (non-hydrogen) atoms. The molecule has 2 aromatic rings. The summed E-state index contributed by atoms with van der Waals surface area (Å²) < 4.78 is 6.03. The van der Waals surface area contributed by atoms with Gasteiger partial charge in [0.2, 0.25) is 5.88 Å². The van der Waals surface area contributed by atoms with Crippen molar-refractivity contribution >= 4 is 16.9 Å². The molecule has 2 aliphatic heterocycles. The number of quaternary nitrogens is 1. The topological polar surface area (TPSA) is 16.9 Å². The number of hydrogen-bond acceptors (Lipinski definition) is 2. The lowest BCUT2D eigenvalue weighted by molar-refractivity contribution is -0.824. The second-order valence-electron chi connectivity index (χ2n) is 5.98. The molecule has 0 saturated heterocycles. The molecule has 144 valence electrons. The van der Waals surface area contributed by atoms with E-state index in [9.17, 15) is 0 Å². The van der Waals surface area contributed by atoms with Gasteiger partial charge in [0.05, 0.1) is 12.2 Å². The van der Waals surface area contributed by atoms with E-state index in [1.807, 2.05) is 45.9 Å². The maximum absolute atomic E-state index is 6.03. The lowest BCUT2D eigenvalue weighted by atomic mass is 9.99. The van der Waals surface area contributed by atoms with Crippen LogP contribution in [-0.4, -0.2) is 20.1 Å². The highest BCUT2D eigenvalue weighted by Crippen LogP contribution is 2.38. The third-order valence-electron chi connectivity index (χ3n) is 4.66. The summed E-state index contributed by atoms with van der Waals surface area (Å²) in [6, 6.07) is 16.8. The molecular formula is C24H33N2O+.